The third kappa shape index (κ3) is 2.73. The largest absolute Gasteiger partial charge is 0.469 e. The second-order valence-corrected chi connectivity index (χ2v) is 5.79. The van der Waals surface area contributed by atoms with Crippen LogP contribution in [0.1, 0.15) is 49.2 Å². The van der Waals surface area contributed by atoms with Crippen LogP contribution in [-0.4, -0.2) is 34.1 Å². The predicted molar refractivity (Wildman–Crippen MR) is 75.5 cm³/mol. The molecule has 1 saturated carbocycles. The number of ether oxygens (including phenoxy) is 1. The fraction of sp³-hybridized carbons (Fsp3) is 0.733. The van der Waals surface area contributed by atoms with Crippen molar-refractivity contribution in [3.8, 4) is 0 Å². The number of aliphatic hydroxyl groups is 1. The van der Waals surface area contributed by atoms with E-state index in [0.29, 0.717) is 6.42 Å². The van der Waals surface area contributed by atoms with Crippen molar-refractivity contribution in [1.82, 2.24) is 9.78 Å². The first-order valence-electron chi connectivity index (χ1n) is 7.26. The van der Waals surface area contributed by atoms with Gasteiger partial charge in [-0.15, -0.1) is 0 Å². The van der Waals surface area contributed by atoms with E-state index in [1.165, 1.54) is 7.11 Å². The standard InChI is InChI=1S/C15H24N2O3/c1-9(15(19)20-4)8-12-10(2)16-17(11(12)3)13-6-5-7-14(13)18/h9,13-14,18H,5-8H2,1-4H3. The first-order valence-corrected chi connectivity index (χ1v) is 7.26. The van der Waals surface area contributed by atoms with Gasteiger partial charge in [-0.2, -0.15) is 5.10 Å². The number of aliphatic hydroxyl groups excluding tert-OH is 1. The number of carbonyl (C=O) groups excluding carboxylic acids is 1. The van der Waals surface area contributed by atoms with Crippen molar-refractivity contribution in [1.29, 1.82) is 0 Å². The highest BCUT2D eigenvalue weighted by Gasteiger charge is 2.30. The summed E-state index contributed by atoms with van der Waals surface area (Å²) < 4.78 is 6.73. The fourth-order valence-electron chi connectivity index (χ4n) is 3.11. The Morgan fingerprint density at radius 2 is 2.20 bits per heavy atom. The topological polar surface area (TPSA) is 64.3 Å². The monoisotopic (exact) mass is 280 g/mol. The van der Waals surface area contributed by atoms with E-state index in [1.54, 1.807) is 0 Å². The molecule has 5 nitrogen and oxygen atoms in total. The minimum Gasteiger partial charge on any atom is -0.469 e. The average molecular weight is 280 g/mol. The van der Waals surface area contributed by atoms with Crippen molar-refractivity contribution in [3.63, 3.8) is 0 Å². The van der Waals surface area contributed by atoms with Crippen LogP contribution >= 0.6 is 0 Å². The summed E-state index contributed by atoms with van der Waals surface area (Å²) in [5.74, 6) is -0.374. The number of hydrogen-bond acceptors (Lipinski definition) is 4. The molecule has 0 radical (unpaired) electrons. The molecule has 0 spiro atoms. The Labute approximate surface area is 119 Å². The Morgan fingerprint density at radius 3 is 2.75 bits per heavy atom. The van der Waals surface area contributed by atoms with E-state index in [-0.39, 0.29) is 24.0 Å². The predicted octanol–water partition coefficient (Wildman–Crippen LogP) is 1.94. The van der Waals surface area contributed by atoms with Gasteiger partial charge in [-0.05, 0) is 45.1 Å². The van der Waals surface area contributed by atoms with E-state index in [1.807, 2.05) is 25.5 Å². The van der Waals surface area contributed by atoms with Crippen molar-refractivity contribution < 1.29 is 14.6 Å². The molecule has 0 aliphatic heterocycles. The molecule has 1 aliphatic carbocycles. The summed E-state index contributed by atoms with van der Waals surface area (Å²) in [5, 5.41) is 14.6. The molecule has 1 aromatic heterocycles. The minimum atomic E-state index is -0.307. The number of aromatic nitrogens is 2. The number of nitrogens with zero attached hydrogens (tertiary/aromatic N) is 2. The van der Waals surface area contributed by atoms with Crippen LogP contribution < -0.4 is 0 Å². The van der Waals surface area contributed by atoms with Crippen molar-refractivity contribution in [2.75, 3.05) is 7.11 Å². The number of methoxy groups -OCH3 is 1. The van der Waals surface area contributed by atoms with E-state index in [0.717, 1.165) is 36.2 Å². The maximum atomic E-state index is 11.6. The van der Waals surface area contributed by atoms with Crippen LogP contribution in [0.15, 0.2) is 0 Å². The van der Waals surface area contributed by atoms with Crippen LogP contribution in [-0.2, 0) is 16.0 Å². The van der Waals surface area contributed by atoms with Crippen LogP contribution in [0.2, 0.25) is 0 Å². The molecule has 1 heterocycles. The molecule has 1 N–H and O–H groups in total. The van der Waals surface area contributed by atoms with Gasteiger partial charge in [0.1, 0.15) is 0 Å². The molecule has 1 aliphatic rings. The highest BCUT2D eigenvalue weighted by molar-refractivity contribution is 5.72. The van der Waals surface area contributed by atoms with Crippen molar-refractivity contribution in [2.45, 2.75) is 58.6 Å². The lowest BCUT2D eigenvalue weighted by Crippen LogP contribution is -2.21. The Kier molecular flexibility index (Phi) is 4.48. The van der Waals surface area contributed by atoms with Gasteiger partial charge in [-0.1, -0.05) is 6.92 Å². The van der Waals surface area contributed by atoms with Crippen LogP contribution in [0.3, 0.4) is 0 Å². The zero-order valence-corrected chi connectivity index (χ0v) is 12.7. The molecule has 0 amide bonds. The lowest BCUT2D eigenvalue weighted by molar-refractivity contribution is -0.144. The molecule has 3 atom stereocenters. The maximum absolute atomic E-state index is 11.6. The molecule has 0 saturated heterocycles. The number of carbonyl (C=O) groups is 1. The summed E-state index contributed by atoms with van der Waals surface area (Å²) in [6.45, 7) is 5.85. The van der Waals surface area contributed by atoms with E-state index in [4.69, 9.17) is 4.74 Å². The fourth-order valence-corrected chi connectivity index (χ4v) is 3.11. The highest BCUT2D eigenvalue weighted by Crippen LogP contribution is 2.32. The summed E-state index contributed by atoms with van der Waals surface area (Å²) in [4.78, 5) is 11.6. The number of aryl methyl sites for hydroxylation is 1. The van der Waals surface area contributed by atoms with Crippen LogP contribution in [0, 0.1) is 19.8 Å². The molecule has 112 valence electrons. The molecular weight excluding hydrogens is 256 g/mol. The van der Waals surface area contributed by atoms with Gasteiger partial charge in [-0.25, -0.2) is 0 Å². The SMILES string of the molecule is COC(=O)C(C)Cc1c(C)nn(C2CCCC2O)c1C. The van der Waals surface area contributed by atoms with Crippen molar-refractivity contribution in [2.24, 2.45) is 5.92 Å². The van der Waals surface area contributed by atoms with Crippen LogP contribution in [0.5, 0.6) is 0 Å². The van der Waals surface area contributed by atoms with Gasteiger partial charge in [0.05, 0.1) is 30.9 Å². The number of rotatable bonds is 4. The molecule has 20 heavy (non-hydrogen) atoms. The van der Waals surface area contributed by atoms with E-state index in [2.05, 4.69) is 5.10 Å². The molecule has 1 fully saturated rings. The zero-order valence-electron chi connectivity index (χ0n) is 12.7. The Balaban J connectivity index is 2.23. The van der Waals surface area contributed by atoms with E-state index >= 15 is 0 Å². The zero-order chi connectivity index (χ0) is 14.9. The summed E-state index contributed by atoms with van der Waals surface area (Å²) >= 11 is 0. The lowest BCUT2D eigenvalue weighted by Gasteiger charge is -2.17. The second kappa shape index (κ2) is 5.95. The second-order valence-electron chi connectivity index (χ2n) is 5.79. The highest BCUT2D eigenvalue weighted by atomic mass is 16.5. The molecule has 0 bridgehead atoms. The third-order valence-electron chi connectivity index (χ3n) is 4.35. The summed E-state index contributed by atoms with van der Waals surface area (Å²) in [7, 11) is 1.41. The van der Waals surface area contributed by atoms with Crippen molar-refractivity contribution in [3.05, 3.63) is 17.0 Å². The average Bonchev–Trinajstić information content (AvgIpc) is 2.95. The van der Waals surface area contributed by atoms with E-state index < -0.39 is 0 Å². The molecule has 5 heteroatoms. The van der Waals surface area contributed by atoms with E-state index in [9.17, 15) is 9.90 Å². The summed E-state index contributed by atoms with van der Waals surface area (Å²) in [5.41, 5.74) is 3.10. The van der Waals surface area contributed by atoms with Gasteiger partial charge in [0.15, 0.2) is 0 Å². The maximum Gasteiger partial charge on any atom is 0.308 e. The molecule has 2 rings (SSSR count). The Morgan fingerprint density at radius 1 is 1.50 bits per heavy atom. The number of esters is 1. The first kappa shape index (κ1) is 15.0. The van der Waals surface area contributed by atoms with Gasteiger partial charge >= 0.3 is 5.97 Å². The normalized spacial score (nSPS) is 23.9. The van der Waals surface area contributed by atoms with Gasteiger partial charge in [0.25, 0.3) is 0 Å². The summed E-state index contributed by atoms with van der Waals surface area (Å²) in [6.07, 6.45) is 3.18. The van der Waals surface area contributed by atoms with Gasteiger partial charge in [0, 0.05) is 5.69 Å². The third-order valence-corrected chi connectivity index (χ3v) is 4.35. The van der Waals surface area contributed by atoms with Crippen molar-refractivity contribution >= 4 is 5.97 Å². The lowest BCUT2D eigenvalue weighted by atomic mass is 9.99. The Bertz CT molecular complexity index is 496. The molecule has 1 aromatic rings. The van der Waals surface area contributed by atoms with Gasteiger partial charge in [0.2, 0.25) is 0 Å². The van der Waals surface area contributed by atoms with Crippen LogP contribution in [0.4, 0.5) is 0 Å². The molecule has 0 aromatic carbocycles. The number of hydrogen-bond donors (Lipinski definition) is 1. The molecular formula is C15H24N2O3. The van der Waals surface area contributed by atoms with Gasteiger partial charge < -0.3 is 9.84 Å². The molecule has 3 unspecified atom stereocenters. The quantitative estimate of drug-likeness (QED) is 0.856. The summed E-state index contributed by atoms with van der Waals surface area (Å²) in [6, 6.07) is 0.0795. The minimum absolute atomic E-state index is 0.0795. The first-order chi connectivity index (χ1) is 9.45. The Hall–Kier alpha value is -1.36. The van der Waals surface area contributed by atoms with Gasteiger partial charge in [-0.3, -0.25) is 9.48 Å². The smallest absolute Gasteiger partial charge is 0.308 e. The van der Waals surface area contributed by atoms with Crippen LogP contribution in [0.25, 0.3) is 0 Å².